The summed E-state index contributed by atoms with van der Waals surface area (Å²) < 4.78 is 14.2. The molecule has 0 bridgehead atoms. The van der Waals surface area contributed by atoms with Crippen molar-refractivity contribution in [2.75, 3.05) is 0 Å². The molecule has 0 saturated carbocycles. The van der Waals surface area contributed by atoms with Gasteiger partial charge in [0.2, 0.25) is 0 Å². The number of hydrogen-bond donors (Lipinski definition) is 0. The van der Waals surface area contributed by atoms with Crippen LogP contribution in [0.4, 0.5) is 4.39 Å². The fourth-order valence-corrected chi connectivity index (χ4v) is 2.72. The summed E-state index contributed by atoms with van der Waals surface area (Å²) in [4.78, 5) is 12.5. The molecule has 0 aliphatic carbocycles. The smallest absolute Gasteiger partial charge is 0.193 e. The highest BCUT2D eigenvalue weighted by Crippen LogP contribution is 2.28. The summed E-state index contributed by atoms with van der Waals surface area (Å²) in [6.07, 6.45) is 0. The molecule has 0 N–H and O–H groups in total. The zero-order valence-electron chi connectivity index (χ0n) is 10.4. The molecule has 3 rings (SSSR count). The number of fused-ring (bicyclic) bond motifs is 1. The molecule has 0 atom stereocenters. The Morgan fingerprint density at radius 3 is 2.40 bits per heavy atom. The van der Waals surface area contributed by atoms with Crippen LogP contribution in [0.5, 0.6) is 0 Å². The molecule has 0 aliphatic heterocycles. The van der Waals surface area contributed by atoms with E-state index >= 15 is 0 Å². The van der Waals surface area contributed by atoms with Crippen molar-refractivity contribution in [3.05, 3.63) is 82.1 Å². The summed E-state index contributed by atoms with van der Waals surface area (Å²) in [6.45, 7) is 0. The Morgan fingerprint density at radius 1 is 0.900 bits per heavy atom. The molecule has 0 aromatic heterocycles. The molecule has 0 amide bonds. The number of halogens is 2. The quantitative estimate of drug-likeness (QED) is 0.607. The molecule has 3 heteroatoms. The summed E-state index contributed by atoms with van der Waals surface area (Å²) in [6, 6.07) is 17.0. The molecule has 0 saturated heterocycles. The highest BCUT2D eigenvalue weighted by atomic mass is 79.9. The van der Waals surface area contributed by atoms with E-state index < -0.39 is 5.82 Å². The predicted octanol–water partition coefficient (Wildman–Crippen LogP) is 4.97. The van der Waals surface area contributed by atoms with E-state index in [1.54, 1.807) is 18.2 Å². The molecule has 0 heterocycles. The maximum atomic E-state index is 13.3. The summed E-state index contributed by atoms with van der Waals surface area (Å²) in [5, 5.41) is 1.82. The normalized spacial score (nSPS) is 10.7. The van der Waals surface area contributed by atoms with E-state index in [1.165, 1.54) is 12.1 Å². The van der Waals surface area contributed by atoms with E-state index in [-0.39, 0.29) is 5.78 Å². The third-order valence-corrected chi connectivity index (χ3v) is 3.89. The van der Waals surface area contributed by atoms with Crippen molar-refractivity contribution in [2.24, 2.45) is 0 Å². The summed E-state index contributed by atoms with van der Waals surface area (Å²) in [5.41, 5.74) is 0.937. The van der Waals surface area contributed by atoms with Gasteiger partial charge in [0.05, 0.1) is 0 Å². The van der Waals surface area contributed by atoms with Crippen LogP contribution in [-0.2, 0) is 0 Å². The van der Waals surface area contributed by atoms with Gasteiger partial charge in [-0.25, -0.2) is 4.39 Å². The van der Waals surface area contributed by atoms with E-state index in [0.717, 1.165) is 15.2 Å². The van der Waals surface area contributed by atoms with Crippen molar-refractivity contribution < 1.29 is 9.18 Å². The number of carbonyl (C=O) groups excluding carboxylic acids is 1. The standard InChI is InChI=1S/C17H10BrFO/c18-16-9-8-15(13-6-1-2-7-14(13)16)17(20)11-4-3-5-12(19)10-11/h1-10H. The topological polar surface area (TPSA) is 17.1 Å². The Hall–Kier alpha value is -2.00. The number of rotatable bonds is 2. The molecule has 20 heavy (non-hydrogen) atoms. The third-order valence-electron chi connectivity index (χ3n) is 3.20. The van der Waals surface area contributed by atoms with Gasteiger partial charge in [0, 0.05) is 15.6 Å². The van der Waals surface area contributed by atoms with Gasteiger partial charge in [-0.1, -0.05) is 52.3 Å². The monoisotopic (exact) mass is 328 g/mol. The van der Waals surface area contributed by atoms with Gasteiger partial charge in [0.1, 0.15) is 5.82 Å². The molecular weight excluding hydrogens is 319 g/mol. The molecule has 98 valence electrons. The van der Waals surface area contributed by atoms with Crippen LogP contribution in [-0.4, -0.2) is 5.78 Å². The zero-order chi connectivity index (χ0) is 14.1. The van der Waals surface area contributed by atoms with Crippen molar-refractivity contribution in [3.8, 4) is 0 Å². The van der Waals surface area contributed by atoms with Crippen LogP contribution in [0.1, 0.15) is 15.9 Å². The zero-order valence-corrected chi connectivity index (χ0v) is 12.0. The fourth-order valence-electron chi connectivity index (χ4n) is 2.25. The average molecular weight is 329 g/mol. The van der Waals surface area contributed by atoms with Crippen LogP contribution in [0.3, 0.4) is 0 Å². The first-order chi connectivity index (χ1) is 9.66. The van der Waals surface area contributed by atoms with E-state index in [4.69, 9.17) is 0 Å². The Kier molecular flexibility index (Phi) is 3.36. The van der Waals surface area contributed by atoms with Gasteiger partial charge in [-0.05, 0) is 35.0 Å². The predicted molar refractivity (Wildman–Crippen MR) is 81.5 cm³/mol. The average Bonchev–Trinajstić information content (AvgIpc) is 2.47. The summed E-state index contributed by atoms with van der Waals surface area (Å²) in [5.74, 6) is -0.578. The van der Waals surface area contributed by atoms with Crippen LogP contribution >= 0.6 is 15.9 Å². The number of hydrogen-bond acceptors (Lipinski definition) is 1. The minimum absolute atomic E-state index is 0.173. The molecule has 3 aromatic rings. The van der Waals surface area contributed by atoms with Crippen LogP contribution in [0.2, 0.25) is 0 Å². The van der Waals surface area contributed by atoms with Gasteiger partial charge in [-0.2, -0.15) is 0 Å². The van der Waals surface area contributed by atoms with E-state index in [2.05, 4.69) is 15.9 Å². The van der Waals surface area contributed by atoms with Gasteiger partial charge in [-0.15, -0.1) is 0 Å². The van der Waals surface area contributed by atoms with Crippen LogP contribution < -0.4 is 0 Å². The molecule has 3 aromatic carbocycles. The van der Waals surface area contributed by atoms with E-state index in [1.807, 2.05) is 30.3 Å². The molecular formula is C17H10BrFO. The SMILES string of the molecule is O=C(c1cccc(F)c1)c1ccc(Br)c2ccccc12. The van der Waals surface area contributed by atoms with Crippen molar-refractivity contribution in [1.82, 2.24) is 0 Å². The molecule has 0 fully saturated rings. The van der Waals surface area contributed by atoms with Crippen molar-refractivity contribution in [3.63, 3.8) is 0 Å². The van der Waals surface area contributed by atoms with Crippen LogP contribution in [0, 0.1) is 5.82 Å². The lowest BCUT2D eigenvalue weighted by molar-refractivity contribution is 0.104. The van der Waals surface area contributed by atoms with Gasteiger partial charge in [0.25, 0.3) is 0 Å². The van der Waals surface area contributed by atoms with E-state index in [0.29, 0.717) is 11.1 Å². The molecule has 0 radical (unpaired) electrons. The molecule has 0 aliphatic rings. The van der Waals surface area contributed by atoms with Gasteiger partial charge in [-0.3, -0.25) is 4.79 Å². The Labute approximate surface area is 124 Å². The lowest BCUT2D eigenvalue weighted by Crippen LogP contribution is -2.02. The highest BCUT2D eigenvalue weighted by Gasteiger charge is 2.14. The van der Waals surface area contributed by atoms with Gasteiger partial charge in [0.15, 0.2) is 5.78 Å². The van der Waals surface area contributed by atoms with Gasteiger partial charge < -0.3 is 0 Å². The molecule has 0 unspecified atom stereocenters. The second-order valence-corrected chi connectivity index (χ2v) is 5.33. The highest BCUT2D eigenvalue weighted by molar-refractivity contribution is 9.10. The first-order valence-corrected chi connectivity index (χ1v) is 6.93. The molecule has 1 nitrogen and oxygen atoms in total. The maximum absolute atomic E-state index is 13.3. The number of ketones is 1. The van der Waals surface area contributed by atoms with Crippen LogP contribution in [0.25, 0.3) is 10.8 Å². The Balaban J connectivity index is 2.20. The van der Waals surface area contributed by atoms with E-state index in [9.17, 15) is 9.18 Å². The Bertz CT molecular complexity index is 811. The fraction of sp³-hybridized carbons (Fsp3) is 0. The minimum Gasteiger partial charge on any atom is -0.289 e. The molecule has 0 spiro atoms. The largest absolute Gasteiger partial charge is 0.289 e. The lowest BCUT2D eigenvalue weighted by Gasteiger charge is -2.07. The Morgan fingerprint density at radius 2 is 1.65 bits per heavy atom. The summed E-state index contributed by atoms with van der Waals surface area (Å²) in [7, 11) is 0. The second kappa shape index (κ2) is 5.17. The van der Waals surface area contributed by atoms with Crippen molar-refractivity contribution >= 4 is 32.5 Å². The number of carbonyl (C=O) groups is 1. The number of benzene rings is 3. The third kappa shape index (κ3) is 2.25. The first-order valence-electron chi connectivity index (χ1n) is 6.14. The minimum atomic E-state index is -0.405. The second-order valence-electron chi connectivity index (χ2n) is 4.48. The summed E-state index contributed by atoms with van der Waals surface area (Å²) >= 11 is 3.48. The van der Waals surface area contributed by atoms with Crippen LogP contribution in [0.15, 0.2) is 65.1 Å². The first kappa shape index (κ1) is 13.0. The maximum Gasteiger partial charge on any atom is 0.193 e. The van der Waals surface area contributed by atoms with Gasteiger partial charge >= 0.3 is 0 Å². The van der Waals surface area contributed by atoms with Crippen molar-refractivity contribution in [2.45, 2.75) is 0 Å². The van der Waals surface area contributed by atoms with Crippen molar-refractivity contribution in [1.29, 1.82) is 0 Å². The lowest BCUT2D eigenvalue weighted by atomic mass is 9.97.